The Hall–Kier alpha value is -1.54. The number of carbonyl (C=O) groups excluding carboxylic acids is 1. The molecule has 0 bridgehead atoms. The van der Waals surface area contributed by atoms with Crippen molar-refractivity contribution < 1.29 is 14.6 Å². The van der Waals surface area contributed by atoms with E-state index in [4.69, 9.17) is 10.00 Å². The van der Waals surface area contributed by atoms with Crippen molar-refractivity contribution in [2.45, 2.75) is 12.3 Å². The highest BCUT2D eigenvalue weighted by molar-refractivity contribution is 9.08. The number of phenols is 1. The lowest BCUT2D eigenvalue weighted by molar-refractivity contribution is 0.0523. The van der Waals surface area contributed by atoms with Gasteiger partial charge in [-0.25, -0.2) is 4.79 Å². The number of carbonyl (C=O) groups is 1. The number of alkyl halides is 1. The monoisotopic (exact) mass is 283 g/mol. The Bertz CT molecular complexity index is 451. The summed E-state index contributed by atoms with van der Waals surface area (Å²) >= 11 is 3.17. The molecule has 0 aliphatic carbocycles. The number of hydrogen-bond donors (Lipinski definition) is 1. The van der Waals surface area contributed by atoms with E-state index in [1.165, 1.54) is 12.1 Å². The van der Waals surface area contributed by atoms with Gasteiger partial charge < -0.3 is 9.84 Å². The summed E-state index contributed by atoms with van der Waals surface area (Å²) in [7, 11) is 0. The van der Waals surface area contributed by atoms with Gasteiger partial charge in [0.1, 0.15) is 11.3 Å². The van der Waals surface area contributed by atoms with Crippen LogP contribution in [-0.2, 0) is 10.1 Å². The van der Waals surface area contributed by atoms with Gasteiger partial charge >= 0.3 is 5.97 Å². The summed E-state index contributed by atoms with van der Waals surface area (Å²) < 4.78 is 4.78. The molecular weight excluding hydrogens is 274 g/mol. The molecule has 4 nitrogen and oxygen atoms in total. The van der Waals surface area contributed by atoms with Crippen LogP contribution in [0.5, 0.6) is 5.75 Å². The van der Waals surface area contributed by atoms with E-state index in [0.29, 0.717) is 16.5 Å². The van der Waals surface area contributed by atoms with Crippen molar-refractivity contribution in [1.82, 2.24) is 0 Å². The van der Waals surface area contributed by atoms with Gasteiger partial charge in [0.2, 0.25) is 0 Å². The lowest BCUT2D eigenvalue weighted by Gasteiger charge is -2.08. The number of phenolic OH excluding ortho intramolecular Hbond substituents is 1. The van der Waals surface area contributed by atoms with Gasteiger partial charge in [-0.2, -0.15) is 5.26 Å². The fourth-order valence-corrected chi connectivity index (χ4v) is 1.65. The van der Waals surface area contributed by atoms with E-state index >= 15 is 0 Å². The molecule has 0 atom stereocenters. The maximum Gasteiger partial charge on any atom is 0.341 e. The van der Waals surface area contributed by atoms with Gasteiger partial charge in [-0.1, -0.05) is 15.9 Å². The van der Waals surface area contributed by atoms with Gasteiger partial charge in [-0.3, -0.25) is 0 Å². The minimum atomic E-state index is -0.626. The molecule has 0 saturated heterocycles. The van der Waals surface area contributed by atoms with Crippen molar-refractivity contribution in [1.29, 1.82) is 5.26 Å². The van der Waals surface area contributed by atoms with E-state index in [-0.39, 0.29) is 17.9 Å². The van der Waals surface area contributed by atoms with Crippen LogP contribution in [-0.4, -0.2) is 17.7 Å². The van der Waals surface area contributed by atoms with Gasteiger partial charge in [-0.05, 0) is 19.1 Å². The van der Waals surface area contributed by atoms with E-state index in [2.05, 4.69) is 15.9 Å². The third-order valence-corrected chi connectivity index (χ3v) is 2.56. The fraction of sp³-hybridized carbons (Fsp3) is 0.273. The van der Waals surface area contributed by atoms with Crippen LogP contribution in [0.4, 0.5) is 0 Å². The van der Waals surface area contributed by atoms with Gasteiger partial charge in [0.25, 0.3) is 0 Å². The molecule has 0 heterocycles. The molecule has 0 spiro atoms. The van der Waals surface area contributed by atoms with Crippen LogP contribution < -0.4 is 0 Å². The second-order valence-corrected chi connectivity index (χ2v) is 3.56. The van der Waals surface area contributed by atoms with Crippen LogP contribution >= 0.6 is 15.9 Å². The second kappa shape index (κ2) is 5.52. The van der Waals surface area contributed by atoms with Crippen LogP contribution in [0.3, 0.4) is 0 Å². The zero-order chi connectivity index (χ0) is 12.1. The van der Waals surface area contributed by atoms with Crippen LogP contribution in [0, 0.1) is 11.3 Å². The molecule has 0 aromatic heterocycles. The molecule has 0 amide bonds. The van der Waals surface area contributed by atoms with Crippen LogP contribution in [0.1, 0.15) is 28.4 Å². The van der Waals surface area contributed by atoms with Crippen molar-refractivity contribution in [2.75, 3.05) is 6.61 Å². The molecule has 0 aliphatic heterocycles. The Morgan fingerprint density at radius 3 is 2.81 bits per heavy atom. The number of nitriles is 1. The number of halogens is 1. The highest BCUT2D eigenvalue weighted by Gasteiger charge is 2.16. The van der Waals surface area contributed by atoms with Crippen molar-refractivity contribution >= 4 is 21.9 Å². The first-order valence-electron chi connectivity index (χ1n) is 4.63. The molecule has 0 fully saturated rings. The Morgan fingerprint density at radius 2 is 2.31 bits per heavy atom. The first-order valence-corrected chi connectivity index (χ1v) is 5.75. The second-order valence-electron chi connectivity index (χ2n) is 3.00. The van der Waals surface area contributed by atoms with E-state index in [0.717, 1.165) is 0 Å². The Morgan fingerprint density at radius 1 is 1.62 bits per heavy atom. The van der Waals surface area contributed by atoms with Crippen molar-refractivity contribution in [3.05, 3.63) is 28.8 Å². The van der Waals surface area contributed by atoms with Crippen LogP contribution in [0.25, 0.3) is 0 Å². The minimum Gasteiger partial charge on any atom is -0.507 e. The Labute approximate surface area is 102 Å². The molecule has 0 radical (unpaired) electrons. The quantitative estimate of drug-likeness (QED) is 0.683. The molecule has 1 aromatic carbocycles. The molecule has 1 aromatic rings. The number of aromatic hydroxyl groups is 1. The number of ether oxygens (including phenoxy) is 1. The maximum absolute atomic E-state index is 11.5. The summed E-state index contributed by atoms with van der Waals surface area (Å²) in [5, 5.41) is 18.9. The predicted molar refractivity (Wildman–Crippen MR) is 61.4 cm³/mol. The number of esters is 1. The zero-order valence-electron chi connectivity index (χ0n) is 8.66. The third kappa shape index (κ3) is 2.52. The van der Waals surface area contributed by atoms with E-state index in [9.17, 15) is 9.90 Å². The number of rotatable bonds is 3. The molecular formula is C11H10BrNO3. The van der Waals surface area contributed by atoms with Crippen molar-refractivity contribution in [2.24, 2.45) is 0 Å². The number of hydrogen-bond acceptors (Lipinski definition) is 4. The van der Waals surface area contributed by atoms with E-state index in [1.54, 1.807) is 6.92 Å². The van der Waals surface area contributed by atoms with Crippen molar-refractivity contribution in [3.8, 4) is 11.8 Å². The summed E-state index contributed by atoms with van der Waals surface area (Å²) in [6.07, 6.45) is 0. The largest absolute Gasteiger partial charge is 0.507 e. The number of benzene rings is 1. The SMILES string of the molecule is CCOC(=O)c1cc(C#N)cc(CBr)c1O. The molecule has 1 N–H and O–H groups in total. The lowest BCUT2D eigenvalue weighted by Crippen LogP contribution is -2.06. The molecule has 0 saturated carbocycles. The van der Waals surface area contributed by atoms with E-state index < -0.39 is 5.97 Å². The molecule has 84 valence electrons. The van der Waals surface area contributed by atoms with Gasteiger partial charge in [0.05, 0.1) is 18.2 Å². The third-order valence-electron chi connectivity index (χ3n) is 1.96. The summed E-state index contributed by atoms with van der Waals surface area (Å²) in [5.41, 5.74) is 0.827. The minimum absolute atomic E-state index is 0.0235. The average Bonchev–Trinajstić information content (AvgIpc) is 2.29. The summed E-state index contributed by atoms with van der Waals surface area (Å²) in [4.78, 5) is 11.5. The standard InChI is InChI=1S/C11H10BrNO3/c1-2-16-11(15)9-4-7(6-13)3-8(5-12)10(9)14/h3-4,14H,2,5H2,1H3. The van der Waals surface area contributed by atoms with Gasteiger partial charge in [-0.15, -0.1) is 0 Å². The highest BCUT2D eigenvalue weighted by atomic mass is 79.9. The first-order chi connectivity index (χ1) is 7.63. The van der Waals surface area contributed by atoms with Crippen molar-refractivity contribution in [3.63, 3.8) is 0 Å². The smallest absolute Gasteiger partial charge is 0.341 e. The van der Waals surface area contributed by atoms with Gasteiger partial charge in [0.15, 0.2) is 0 Å². The van der Waals surface area contributed by atoms with Crippen LogP contribution in [0.15, 0.2) is 12.1 Å². The molecule has 5 heteroatoms. The van der Waals surface area contributed by atoms with E-state index in [1.807, 2.05) is 6.07 Å². The predicted octanol–water partition coefficient (Wildman–Crippen LogP) is 2.34. The first kappa shape index (κ1) is 12.5. The number of nitrogens with zero attached hydrogens (tertiary/aromatic N) is 1. The summed E-state index contributed by atoms with van der Waals surface area (Å²) in [6.45, 7) is 1.90. The Kier molecular flexibility index (Phi) is 4.32. The maximum atomic E-state index is 11.5. The summed E-state index contributed by atoms with van der Waals surface area (Å²) in [5.74, 6) is -0.770. The Balaban J connectivity index is 3.27. The molecule has 16 heavy (non-hydrogen) atoms. The summed E-state index contributed by atoms with van der Waals surface area (Å²) in [6, 6.07) is 4.77. The highest BCUT2D eigenvalue weighted by Crippen LogP contribution is 2.27. The lowest BCUT2D eigenvalue weighted by atomic mass is 10.1. The normalized spacial score (nSPS) is 9.56. The fourth-order valence-electron chi connectivity index (χ4n) is 1.23. The molecule has 0 aliphatic rings. The van der Waals surface area contributed by atoms with Gasteiger partial charge in [0, 0.05) is 10.9 Å². The zero-order valence-corrected chi connectivity index (χ0v) is 10.2. The van der Waals surface area contributed by atoms with Crippen LogP contribution in [0.2, 0.25) is 0 Å². The average molecular weight is 284 g/mol. The topological polar surface area (TPSA) is 70.3 Å². The molecule has 0 unspecified atom stereocenters. The molecule has 1 rings (SSSR count).